The van der Waals surface area contributed by atoms with Gasteiger partial charge in [0.2, 0.25) is 15.9 Å². The largest absolute Gasteiger partial charge is 0.497 e. The summed E-state index contributed by atoms with van der Waals surface area (Å²) in [5.41, 5.74) is 1.74. The lowest BCUT2D eigenvalue weighted by Crippen LogP contribution is -2.42. The summed E-state index contributed by atoms with van der Waals surface area (Å²) in [6.07, 6.45) is 6.25. The molecular formula is C24H30N2O4S. The maximum absolute atomic E-state index is 13.4. The van der Waals surface area contributed by atoms with E-state index in [9.17, 15) is 13.2 Å². The summed E-state index contributed by atoms with van der Waals surface area (Å²) in [4.78, 5) is 13.4. The lowest BCUT2D eigenvalue weighted by Gasteiger charge is -2.36. The number of methoxy groups -OCH3 is 1. The number of sulfonamides is 1. The molecule has 0 spiro atoms. The van der Waals surface area contributed by atoms with Crippen molar-refractivity contribution in [1.82, 2.24) is 4.72 Å². The zero-order valence-electron chi connectivity index (χ0n) is 17.9. The maximum atomic E-state index is 13.4. The number of carbonyl (C=O) groups is 1. The third-order valence-corrected chi connectivity index (χ3v) is 7.12. The molecule has 0 unspecified atom stereocenters. The Bertz CT molecular complexity index is 993. The fraction of sp³-hybridized carbons (Fsp3) is 0.375. The molecular weight excluding hydrogens is 412 g/mol. The number of rotatable bonds is 9. The van der Waals surface area contributed by atoms with E-state index in [2.05, 4.69) is 16.6 Å². The van der Waals surface area contributed by atoms with Gasteiger partial charge in [-0.3, -0.25) is 4.79 Å². The van der Waals surface area contributed by atoms with Gasteiger partial charge in [-0.2, -0.15) is 0 Å². The monoisotopic (exact) mass is 442 g/mol. The van der Waals surface area contributed by atoms with Crippen molar-refractivity contribution in [3.8, 4) is 5.75 Å². The molecule has 0 aliphatic heterocycles. The predicted octanol–water partition coefficient (Wildman–Crippen LogP) is 4.14. The highest BCUT2D eigenvalue weighted by atomic mass is 32.2. The molecule has 0 atom stereocenters. The molecule has 0 heterocycles. The summed E-state index contributed by atoms with van der Waals surface area (Å²) in [7, 11) is -1.79. The lowest BCUT2D eigenvalue weighted by atomic mass is 9.68. The average Bonchev–Trinajstić information content (AvgIpc) is 2.79. The van der Waals surface area contributed by atoms with Crippen LogP contribution in [-0.2, 0) is 26.0 Å². The van der Waals surface area contributed by atoms with Crippen LogP contribution in [0.1, 0.15) is 43.2 Å². The first-order valence-corrected chi connectivity index (χ1v) is 12.2. The van der Waals surface area contributed by atoms with Gasteiger partial charge in [0.05, 0.1) is 18.3 Å². The number of hydrogen-bond acceptors (Lipinski definition) is 4. The van der Waals surface area contributed by atoms with Crippen molar-refractivity contribution in [2.24, 2.45) is 0 Å². The minimum atomic E-state index is -3.42. The number of carbonyl (C=O) groups excluding carboxylic acids is 1. The summed E-state index contributed by atoms with van der Waals surface area (Å²) in [6, 6.07) is 14.7. The normalized spacial score (nSPS) is 15.8. The second kappa shape index (κ2) is 10.1. The third-order valence-electron chi connectivity index (χ3n) is 5.80. The number of ether oxygens (including phenoxy) is 1. The third kappa shape index (κ3) is 5.74. The Morgan fingerprint density at radius 1 is 1.06 bits per heavy atom. The van der Waals surface area contributed by atoms with Crippen LogP contribution in [-0.4, -0.2) is 28.0 Å². The molecule has 2 aromatic carbocycles. The van der Waals surface area contributed by atoms with Crippen molar-refractivity contribution < 1.29 is 17.9 Å². The minimum absolute atomic E-state index is 0.0228. The zero-order valence-corrected chi connectivity index (χ0v) is 18.7. The van der Waals surface area contributed by atoms with E-state index in [1.165, 1.54) is 6.08 Å². The fourth-order valence-corrected chi connectivity index (χ4v) is 5.21. The Balaban J connectivity index is 1.75. The first kappa shape index (κ1) is 23.0. The Morgan fingerprint density at radius 3 is 2.29 bits per heavy atom. The van der Waals surface area contributed by atoms with Crippen molar-refractivity contribution in [2.75, 3.05) is 19.0 Å². The lowest BCUT2D eigenvalue weighted by molar-refractivity contribution is -0.122. The zero-order chi connectivity index (χ0) is 22.3. The summed E-state index contributed by atoms with van der Waals surface area (Å²) in [6.45, 7) is 3.71. The molecule has 2 aromatic rings. The van der Waals surface area contributed by atoms with Gasteiger partial charge >= 0.3 is 0 Å². The average molecular weight is 443 g/mol. The topological polar surface area (TPSA) is 84.5 Å². The Labute approximate surface area is 184 Å². The van der Waals surface area contributed by atoms with Gasteiger partial charge in [0.15, 0.2) is 0 Å². The molecule has 0 saturated heterocycles. The summed E-state index contributed by atoms with van der Waals surface area (Å²) in [5.74, 6) is 0.624. The first-order chi connectivity index (χ1) is 14.9. The van der Waals surface area contributed by atoms with E-state index in [4.69, 9.17) is 4.74 Å². The van der Waals surface area contributed by atoms with Crippen LogP contribution in [0, 0.1) is 0 Å². The highest BCUT2D eigenvalue weighted by Crippen LogP contribution is 2.41. The minimum Gasteiger partial charge on any atom is -0.497 e. The standard InChI is InChI=1S/C24H30N2O4S/c1-3-17-25-31(28,29)18-19-7-11-21(12-8-19)26-23(27)24(15-5-4-6-16-24)20-9-13-22(30-2)14-10-20/h3,7-14,25H,1,4-6,15-18H2,2H3,(H,26,27). The molecule has 166 valence electrons. The highest BCUT2D eigenvalue weighted by molar-refractivity contribution is 7.88. The van der Waals surface area contributed by atoms with Crippen molar-refractivity contribution in [3.63, 3.8) is 0 Å². The molecule has 0 aromatic heterocycles. The molecule has 0 radical (unpaired) electrons. The summed E-state index contributed by atoms with van der Waals surface area (Å²) < 4.78 is 31.8. The van der Waals surface area contributed by atoms with Gasteiger partial charge in [0.1, 0.15) is 5.75 Å². The van der Waals surface area contributed by atoms with Gasteiger partial charge in [-0.25, -0.2) is 13.1 Å². The molecule has 1 aliphatic rings. The van der Waals surface area contributed by atoms with Crippen LogP contribution in [0.3, 0.4) is 0 Å². The number of nitrogens with one attached hydrogen (secondary N) is 2. The van der Waals surface area contributed by atoms with Gasteiger partial charge in [0, 0.05) is 12.2 Å². The van der Waals surface area contributed by atoms with Crippen LogP contribution < -0.4 is 14.8 Å². The van der Waals surface area contributed by atoms with E-state index in [0.717, 1.165) is 43.4 Å². The molecule has 0 bridgehead atoms. The van der Waals surface area contributed by atoms with E-state index in [1.807, 2.05) is 24.3 Å². The van der Waals surface area contributed by atoms with Gasteiger partial charge in [-0.15, -0.1) is 6.58 Å². The highest BCUT2D eigenvalue weighted by Gasteiger charge is 2.41. The predicted molar refractivity (Wildman–Crippen MR) is 124 cm³/mol. The second-order valence-corrected chi connectivity index (χ2v) is 9.73. The van der Waals surface area contributed by atoms with Crippen molar-refractivity contribution in [2.45, 2.75) is 43.3 Å². The number of anilines is 1. The van der Waals surface area contributed by atoms with Crippen LogP contribution in [0.4, 0.5) is 5.69 Å². The van der Waals surface area contributed by atoms with Crippen LogP contribution in [0.5, 0.6) is 5.75 Å². The molecule has 1 fully saturated rings. The molecule has 1 aliphatic carbocycles. The van der Waals surface area contributed by atoms with Crippen LogP contribution in [0.15, 0.2) is 61.2 Å². The number of hydrogen-bond donors (Lipinski definition) is 2. The van der Waals surface area contributed by atoms with Gasteiger partial charge in [-0.1, -0.05) is 49.6 Å². The van der Waals surface area contributed by atoms with E-state index in [-0.39, 0.29) is 18.2 Å². The SMILES string of the molecule is C=CCNS(=O)(=O)Cc1ccc(NC(=O)C2(c3ccc(OC)cc3)CCCCC2)cc1. The summed E-state index contributed by atoms with van der Waals surface area (Å²) >= 11 is 0. The Morgan fingerprint density at radius 2 is 1.71 bits per heavy atom. The summed E-state index contributed by atoms with van der Waals surface area (Å²) in [5, 5.41) is 3.06. The van der Waals surface area contributed by atoms with Gasteiger partial charge < -0.3 is 10.1 Å². The van der Waals surface area contributed by atoms with Crippen LogP contribution >= 0.6 is 0 Å². The molecule has 31 heavy (non-hydrogen) atoms. The Hall–Kier alpha value is -2.64. The molecule has 2 N–H and O–H groups in total. The Kier molecular flexibility index (Phi) is 7.51. The second-order valence-electron chi connectivity index (χ2n) is 7.92. The molecule has 7 heteroatoms. The molecule has 6 nitrogen and oxygen atoms in total. The van der Waals surface area contributed by atoms with Crippen molar-refractivity contribution >= 4 is 21.6 Å². The fourth-order valence-electron chi connectivity index (χ4n) is 4.10. The molecule has 3 rings (SSSR count). The quantitative estimate of drug-likeness (QED) is 0.572. The van der Waals surface area contributed by atoms with Crippen LogP contribution in [0.25, 0.3) is 0 Å². The van der Waals surface area contributed by atoms with Crippen molar-refractivity contribution in [3.05, 3.63) is 72.3 Å². The maximum Gasteiger partial charge on any atom is 0.235 e. The van der Waals surface area contributed by atoms with E-state index < -0.39 is 15.4 Å². The van der Waals surface area contributed by atoms with Gasteiger partial charge in [0.25, 0.3) is 0 Å². The molecule has 1 saturated carbocycles. The van der Waals surface area contributed by atoms with Crippen LogP contribution in [0.2, 0.25) is 0 Å². The van der Waals surface area contributed by atoms with E-state index in [1.54, 1.807) is 31.4 Å². The van der Waals surface area contributed by atoms with Crippen molar-refractivity contribution in [1.29, 1.82) is 0 Å². The number of benzene rings is 2. The molecule has 1 amide bonds. The first-order valence-electron chi connectivity index (χ1n) is 10.5. The van der Waals surface area contributed by atoms with Gasteiger partial charge in [-0.05, 0) is 48.2 Å². The smallest absolute Gasteiger partial charge is 0.235 e. The van der Waals surface area contributed by atoms with E-state index in [0.29, 0.717) is 11.3 Å². The number of amides is 1. The van der Waals surface area contributed by atoms with E-state index >= 15 is 0 Å².